The highest BCUT2D eigenvalue weighted by molar-refractivity contribution is 5.83. The van der Waals surface area contributed by atoms with Gasteiger partial charge in [-0.1, -0.05) is 69.2 Å². The average molecular weight is 350 g/mol. The first-order valence-electron chi connectivity index (χ1n) is 9.97. The van der Waals surface area contributed by atoms with E-state index in [0.29, 0.717) is 17.6 Å². The maximum atomic E-state index is 12.0. The van der Waals surface area contributed by atoms with Crippen molar-refractivity contribution in [3.63, 3.8) is 0 Å². The molecule has 0 bridgehead atoms. The number of hydrogen-bond acceptors (Lipinski definition) is 2. The van der Waals surface area contributed by atoms with Crippen LogP contribution in [-0.4, -0.2) is 10.8 Å². The van der Waals surface area contributed by atoms with E-state index in [0.717, 1.165) is 30.7 Å². The molecule has 1 heterocycles. The third kappa shape index (κ3) is 12.8. The number of rotatable bonds is 5. The number of ketones is 1. The summed E-state index contributed by atoms with van der Waals surface area (Å²) in [6.07, 6.45) is 3.57. The zero-order chi connectivity index (χ0) is 20.3. The fourth-order valence-corrected chi connectivity index (χ4v) is 2.22. The molecule has 25 heavy (non-hydrogen) atoms. The second-order valence-electron chi connectivity index (χ2n) is 8.34. The molecule has 1 rings (SSSR count). The Morgan fingerprint density at radius 1 is 0.920 bits per heavy atom. The van der Waals surface area contributed by atoms with Gasteiger partial charge in [0.15, 0.2) is 0 Å². The minimum absolute atomic E-state index is 0.251. The van der Waals surface area contributed by atoms with Crippen molar-refractivity contribution in [2.24, 2.45) is 10.8 Å². The van der Waals surface area contributed by atoms with Crippen molar-refractivity contribution >= 4 is 5.78 Å². The van der Waals surface area contributed by atoms with Gasteiger partial charge in [-0.15, -0.1) is 0 Å². The molecule has 0 saturated heterocycles. The number of aromatic nitrogens is 1. The van der Waals surface area contributed by atoms with Gasteiger partial charge in [-0.05, 0) is 49.3 Å². The summed E-state index contributed by atoms with van der Waals surface area (Å²) in [6, 6.07) is 4.34. The van der Waals surface area contributed by atoms with Crippen LogP contribution in [0.3, 0.4) is 0 Å². The van der Waals surface area contributed by atoms with Gasteiger partial charge in [0.2, 0.25) is 0 Å². The molecule has 0 saturated carbocycles. The standard InChI is InChI=1S/C19H31NO.2C2H6/c1-14-12-15(10-11-18(2,3)4)13-16(20-14)8-9-17(21)19(5,6)7;2*1-2/h12-13H,8-11H2,1-7H3;2*1-2H3. The summed E-state index contributed by atoms with van der Waals surface area (Å²) >= 11 is 0. The summed E-state index contributed by atoms with van der Waals surface area (Å²) in [5.41, 5.74) is 3.55. The topological polar surface area (TPSA) is 30.0 Å². The molecule has 0 aliphatic heterocycles. The van der Waals surface area contributed by atoms with E-state index in [1.54, 1.807) is 0 Å². The molecule has 0 aliphatic carbocycles. The normalized spacial score (nSPS) is 11.0. The van der Waals surface area contributed by atoms with E-state index < -0.39 is 0 Å². The predicted molar refractivity (Wildman–Crippen MR) is 112 cm³/mol. The highest BCUT2D eigenvalue weighted by Gasteiger charge is 2.20. The maximum absolute atomic E-state index is 12.0. The third-order valence-corrected chi connectivity index (χ3v) is 3.67. The minimum Gasteiger partial charge on any atom is -0.299 e. The zero-order valence-electron chi connectivity index (χ0n) is 18.8. The Balaban J connectivity index is 0. The molecular weight excluding hydrogens is 306 g/mol. The first-order valence-corrected chi connectivity index (χ1v) is 9.97. The molecule has 1 aromatic rings. The SMILES string of the molecule is CC.CC.Cc1cc(CCC(C)(C)C)cc(CCC(=O)C(C)(C)C)n1. The fourth-order valence-electron chi connectivity index (χ4n) is 2.22. The highest BCUT2D eigenvalue weighted by atomic mass is 16.1. The Morgan fingerprint density at radius 2 is 1.44 bits per heavy atom. The van der Waals surface area contributed by atoms with Crippen LogP contribution in [0.4, 0.5) is 0 Å². The smallest absolute Gasteiger partial charge is 0.138 e. The van der Waals surface area contributed by atoms with Crippen molar-refractivity contribution in [1.82, 2.24) is 4.98 Å². The van der Waals surface area contributed by atoms with Gasteiger partial charge in [0.05, 0.1) is 0 Å². The lowest BCUT2D eigenvalue weighted by Gasteiger charge is -2.18. The molecule has 0 amide bonds. The molecule has 0 spiro atoms. The quantitative estimate of drug-likeness (QED) is 0.574. The van der Waals surface area contributed by atoms with Gasteiger partial charge in [0.1, 0.15) is 5.78 Å². The molecule has 0 aromatic carbocycles. The van der Waals surface area contributed by atoms with Gasteiger partial charge in [-0.3, -0.25) is 9.78 Å². The number of pyridine rings is 1. The van der Waals surface area contributed by atoms with Gasteiger partial charge >= 0.3 is 0 Å². The van der Waals surface area contributed by atoms with Crippen LogP contribution in [0.15, 0.2) is 12.1 Å². The van der Waals surface area contributed by atoms with E-state index in [1.807, 2.05) is 55.4 Å². The van der Waals surface area contributed by atoms with Crippen molar-refractivity contribution in [1.29, 1.82) is 0 Å². The number of nitrogens with zero attached hydrogens (tertiary/aromatic N) is 1. The largest absolute Gasteiger partial charge is 0.299 e. The van der Waals surface area contributed by atoms with Crippen LogP contribution in [0.2, 0.25) is 0 Å². The first kappa shape index (κ1) is 26.1. The van der Waals surface area contributed by atoms with Gasteiger partial charge < -0.3 is 0 Å². The summed E-state index contributed by atoms with van der Waals surface area (Å²) < 4.78 is 0. The van der Waals surface area contributed by atoms with Crippen LogP contribution in [0.25, 0.3) is 0 Å². The molecule has 0 unspecified atom stereocenters. The Kier molecular flexibility index (Phi) is 12.7. The van der Waals surface area contributed by atoms with Crippen LogP contribution in [0.1, 0.15) is 99.0 Å². The second kappa shape index (κ2) is 12.2. The Morgan fingerprint density at radius 3 is 1.88 bits per heavy atom. The van der Waals surface area contributed by atoms with Crippen LogP contribution in [0, 0.1) is 17.8 Å². The molecule has 0 radical (unpaired) electrons. The zero-order valence-corrected chi connectivity index (χ0v) is 18.8. The average Bonchev–Trinajstić information content (AvgIpc) is 2.52. The molecule has 2 heteroatoms. The van der Waals surface area contributed by atoms with Gasteiger partial charge in [-0.2, -0.15) is 0 Å². The summed E-state index contributed by atoms with van der Waals surface area (Å²) in [7, 11) is 0. The highest BCUT2D eigenvalue weighted by Crippen LogP contribution is 2.22. The number of carbonyl (C=O) groups is 1. The van der Waals surface area contributed by atoms with E-state index >= 15 is 0 Å². The summed E-state index contributed by atoms with van der Waals surface area (Å²) in [5.74, 6) is 0.307. The van der Waals surface area contributed by atoms with Crippen LogP contribution >= 0.6 is 0 Å². The van der Waals surface area contributed by atoms with Gasteiger partial charge in [0.25, 0.3) is 0 Å². The van der Waals surface area contributed by atoms with E-state index in [2.05, 4.69) is 37.9 Å². The number of aryl methyl sites for hydroxylation is 3. The van der Waals surface area contributed by atoms with Gasteiger partial charge in [0, 0.05) is 23.2 Å². The summed E-state index contributed by atoms with van der Waals surface area (Å²) in [4.78, 5) is 16.6. The second-order valence-corrected chi connectivity index (χ2v) is 8.34. The minimum atomic E-state index is -0.251. The van der Waals surface area contributed by atoms with Crippen molar-refractivity contribution < 1.29 is 4.79 Å². The lowest BCUT2D eigenvalue weighted by Crippen LogP contribution is -2.20. The number of hydrogen-bond donors (Lipinski definition) is 0. The molecule has 0 N–H and O–H groups in total. The van der Waals surface area contributed by atoms with Crippen molar-refractivity contribution in [3.05, 3.63) is 29.1 Å². The Hall–Kier alpha value is -1.18. The summed E-state index contributed by atoms with van der Waals surface area (Å²) in [6.45, 7) is 22.8. The lowest BCUT2D eigenvalue weighted by atomic mass is 9.87. The molecule has 2 nitrogen and oxygen atoms in total. The Labute approximate surface area is 157 Å². The molecule has 0 atom stereocenters. The van der Waals surface area contributed by atoms with Gasteiger partial charge in [-0.25, -0.2) is 0 Å². The molecule has 0 fully saturated rings. The number of carbonyl (C=O) groups excluding carboxylic acids is 1. The Bertz CT molecular complexity index is 490. The first-order chi connectivity index (χ1) is 11.5. The third-order valence-electron chi connectivity index (χ3n) is 3.67. The molecular formula is C23H43NO. The van der Waals surface area contributed by atoms with E-state index in [4.69, 9.17) is 0 Å². The van der Waals surface area contributed by atoms with Crippen molar-refractivity contribution in [3.8, 4) is 0 Å². The predicted octanol–water partition coefficient (Wildman–Crippen LogP) is 6.97. The lowest BCUT2D eigenvalue weighted by molar-refractivity contribution is -0.126. The van der Waals surface area contributed by atoms with Crippen LogP contribution in [-0.2, 0) is 17.6 Å². The fraction of sp³-hybridized carbons (Fsp3) is 0.739. The van der Waals surface area contributed by atoms with Crippen LogP contribution in [0.5, 0.6) is 0 Å². The van der Waals surface area contributed by atoms with Crippen molar-refractivity contribution in [2.75, 3.05) is 0 Å². The number of Topliss-reactive ketones (excluding diaryl/α,β-unsaturated/α-hetero) is 1. The molecule has 1 aromatic heterocycles. The van der Waals surface area contributed by atoms with E-state index in [-0.39, 0.29) is 5.41 Å². The summed E-state index contributed by atoms with van der Waals surface area (Å²) in [5, 5.41) is 0. The molecule has 146 valence electrons. The van der Waals surface area contributed by atoms with Crippen LogP contribution < -0.4 is 0 Å². The monoisotopic (exact) mass is 349 g/mol. The maximum Gasteiger partial charge on any atom is 0.138 e. The van der Waals surface area contributed by atoms with E-state index in [9.17, 15) is 4.79 Å². The van der Waals surface area contributed by atoms with E-state index in [1.165, 1.54) is 5.56 Å². The molecule has 0 aliphatic rings. The van der Waals surface area contributed by atoms with Crippen molar-refractivity contribution in [2.45, 2.75) is 102 Å².